The van der Waals surface area contributed by atoms with Crippen LogP contribution in [0.2, 0.25) is 0 Å². The molecule has 4 heteroatoms. The number of nitrogens with one attached hydrogen (secondary N) is 1. The third kappa shape index (κ3) is 5.95. The lowest BCUT2D eigenvalue weighted by Crippen LogP contribution is -2.44. The maximum Gasteiger partial charge on any atom is 0.119 e. The van der Waals surface area contributed by atoms with Gasteiger partial charge in [0.1, 0.15) is 5.75 Å². The number of hydrogen-bond acceptors (Lipinski definition) is 4. The molecule has 1 aromatic carbocycles. The zero-order valence-corrected chi connectivity index (χ0v) is 13.8. The molecule has 4 nitrogen and oxygen atoms in total. The minimum atomic E-state index is -0.613. The van der Waals surface area contributed by atoms with E-state index in [4.69, 9.17) is 9.47 Å². The minimum Gasteiger partial charge on any atom is -0.494 e. The molecular weight excluding hydrogens is 278 g/mol. The second-order valence-corrected chi connectivity index (χ2v) is 6.62. The van der Waals surface area contributed by atoms with E-state index in [1.54, 1.807) is 0 Å². The van der Waals surface area contributed by atoms with E-state index >= 15 is 0 Å². The zero-order chi connectivity index (χ0) is 15.8. The molecule has 2 rings (SSSR count). The van der Waals surface area contributed by atoms with Crippen molar-refractivity contribution in [2.75, 3.05) is 26.4 Å². The number of benzene rings is 1. The van der Waals surface area contributed by atoms with Gasteiger partial charge in [0, 0.05) is 39.1 Å². The third-order valence-electron chi connectivity index (χ3n) is 4.09. The fourth-order valence-corrected chi connectivity index (χ4v) is 2.48. The van der Waals surface area contributed by atoms with Crippen molar-refractivity contribution < 1.29 is 14.6 Å². The van der Waals surface area contributed by atoms with Crippen LogP contribution < -0.4 is 10.1 Å². The smallest absolute Gasteiger partial charge is 0.119 e. The van der Waals surface area contributed by atoms with Crippen molar-refractivity contribution in [3.05, 3.63) is 29.8 Å². The lowest BCUT2D eigenvalue weighted by atomic mass is 9.94. The van der Waals surface area contributed by atoms with Gasteiger partial charge in [-0.25, -0.2) is 0 Å². The van der Waals surface area contributed by atoms with Crippen molar-refractivity contribution in [3.8, 4) is 5.75 Å². The Kier molecular flexibility index (Phi) is 6.68. The molecule has 0 atom stereocenters. The Balaban J connectivity index is 1.69. The Hall–Kier alpha value is -1.10. The van der Waals surface area contributed by atoms with E-state index < -0.39 is 5.60 Å². The molecule has 2 N–H and O–H groups in total. The standard InChI is InChI=1S/C18H29NO3/c1-15(2)7-10-22-17-5-3-16(4-6-17)13-19-14-18(20)8-11-21-12-9-18/h3-6,15,19-20H,7-14H2,1-2H3. The summed E-state index contributed by atoms with van der Waals surface area (Å²) in [6.45, 7) is 7.85. The second-order valence-electron chi connectivity index (χ2n) is 6.62. The Morgan fingerprint density at radius 1 is 1.23 bits per heavy atom. The molecule has 0 spiro atoms. The van der Waals surface area contributed by atoms with Gasteiger partial charge in [-0.1, -0.05) is 26.0 Å². The van der Waals surface area contributed by atoms with Gasteiger partial charge in [-0.05, 0) is 30.0 Å². The van der Waals surface area contributed by atoms with Crippen molar-refractivity contribution in [1.82, 2.24) is 5.32 Å². The Morgan fingerprint density at radius 2 is 1.91 bits per heavy atom. The molecule has 1 saturated heterocycles. The molecule has 0 aromatic heterocycles. The largest absolute Gasteiger partial charge is 0.494 e. The molecule has 22 heavy (non-hydrogen) atoms. The van der Waals surface area contributed by atoms with Crippen molar-refractivity contribution in [2.45, 2.75) is 45.3 Å². The molecule has 1 fully saturated rings. The van der Waals surface area contributed by atoms with Crippen LogP contribution in [-0.2, 0) is 11.3 Å². The van der Waals surface area contributed by atoms with Gasteiger partial charge in [-0.3, -0.25) is 0 Å². The van der Waals surface area contributed by atoms with Crippen molar-refractivity contribution in [2.24, 2.45) is 5.92 Å². The highest BCUT2D eigenvalue weighted by atomic mass is 16.5. The molecular formula is C18H29NO3. The lowest BCUT2D eigenvalue weighted by Gasteiger charge is -2.32. The van der Waals surface area contributed by atoms with Gasteiger partial charge in [-0.2, -0.15) is 0 Å². The van der Waals surface area contributed by atoms with Gasteiger partial charge in [0.2, 0.25) is 0 Å². The molecule has 1 heterocycles. The van der Waals surface area contributed by atoms with Crippen LogP contribution in [-0.4, -0.2) is 37.1 Å². The van der Waals surface area contributed by atoms with Gasteiger partial charge >= 0.3 is 0 Å². The summed E-state index contributed by atoms with van der Waals surface area (Å²) >= 11 is 0. The van der Waals surface area contributed by atoms with Crippen LogP contribution >= 0.6 is 0 Å². The number of aliphatic hydroxyl groups is 1. The molecule has 1 aliphatic rings. The summed E-state index contributed by atoms with van der Waals surface area (Å²) < 4.78 is 11.0. The van der Waals surface area contributed by atoms with Crippen molar-refractivity contribution in [3.63, 3.8) is 0 Å². The van der Waals surface area contributed by atoms with E-state index in [2.05, 4.69) is 31.3 Å². The first-order valence-corrected chi connectivity index (χ1v) is 8.30. The second kappa shape index (κ2) is 8.51. The van der Waals surface area contributed by atoms with Gasteiger partial charge in [0.15, 0.2) is 0 Å². The fraction of sp³-hybridized carbons (Fsp3) is 0.667. The van der Waals surface area contributed by atoms with Gasteiger partial charge in [0.25, 0.3) is 0 Å². The van der Waals surface area contributed by atoms with Crippen molar-refractivity contribution in [1.29, 1.82) is 0 Å². The van der Waals surface area contributed by atoms with Gasteiger partial charge in [-0.15, -0.1) is 0 Å². The van der Waals surface area contributed by atoms with Gasteiger partial charge in [0.05, 0.1) is 12.2 Å². The van der Waals surface area contributed by atoms with E-state index in [0.29, 0.717) is 38.5 Å². The number of hydrogen-bond donors (Lipinski definition) is 2. The van der Waals surface area contributed by atoms with Crippen LogP contribution in [0.15, 0.2) is 24.3 Å². The van der Waals surface area contributed by atoms with Crippen LogP contribution in [0.1, 0.15) is 38.7 Å². The molecule has 0 radical (unpaired) electrons. The summed E-state index contributed by atoms with van der Waals surface area (Å²) in [5.74, 6) is 1.59. The molecule has 1 aliphatic heterocycles. The Morgan fingerprint density at radius 3 is 2.55 bits per heavy atom. The van der Waals surface area contributed by atoms with E-state index in [0.717, 1.165) is 25.3 Å². The van der Waals surface area contributed by atoms with E-state index in [-0.39, 0.29) is 0 Å². The van der Waals surface area contributed by atoms with Crippen molar-refractivity contribution >= 4 is 0 Å². The van der Waals surface area contributed by atoms with E-state index in [9.17, 15) is 5.11 Å². The topological polar surface area (TPSA) is 50.7 Å². The maximum absolute atomic E-state index is 10.4. The average Bonchev–Trinajstić information content (AvgIpc) is 2.49. The summed E-state index contributed by atoms with van der Waals surface area (Å²) in [5.41, 5.74) is 0.588. The normalized spacial score (nSPS) is 17.6. The maximum atomic E-state index is 10.4. The zero-order valence-electron chi connectivity index (χ0n) is 13.8. The number of rotatable bonds is 8. The average molecular weight is 307 g/mol. The molecule has 0 aliphatic carbocycles. The molecule has 0 unspecified atom stereocenters. The van der Waals surface area contributed by atoms with Crippen LogP contribution in [0.25, 0.3) is 0 Å². The Bertz CT molecular complexity index is 424. The molecule has 0 bridgehead atoms. The van der Waals surface area contributed by atoms with Crippen LogP contribution in [0, 0.1) is 5.92 Å². The van der Waals surface area contributed by atoms with Crippen LogP contribution in [0.3, 0.4) is 0 Å². The third-order valence-corrected chi connectivity index (χ3v) is 4.09. The number of ether oxygens (including phenoxy) is 2. The summed E-state index contributed by atoms with van der Waals surface area (Å²) in [6.07, 6.45) is 2.50. The van der Waals surface area contributed by atoms with Crippen LogP contribution in [0.5, 0.6) is 5.75 Å². The predicted molar refractivity (Wildman–Crippen MR) is 88.1 cm³/mol. The molecule has 0 amide bonds. The quantitative estimate of drug-likeness (QED) is 0.775. The minimum absolute atomic E-state index is 0.613. The fourth-order valence-electron chi connectivity index (χ4n) is 2.48. The first-order chi connectivity index (χ1) is 10.6. The Labute approximate surface area is 133 Å². The molecule has 1 aromatic rings. The monoisotopic (exact) mass is 307 g/mol. The SMILES string of the molecule is CC(C)CCOc1ccc(CNCC2(O)CCOCC2)cc1. The molecule has 124 valence electrons. The summed E-state index contributed by atoms with van der Waals surface area (Å²) in [6, 6.07) is 8.18. The summed E-state index contributed by atoms with van der Waals surface area (Å²) in [5, 5.41) is 13.7. The predicted octanol–water partition coefficient (Wildman–Crippen LogP) is 2.74. The highest BCUT2D eigenvalue weighted by Gasteiger charge is 2.28. The highest BCUT2D eigenvalue weighted by Crippen LogP contribution is 2.19. The van der Waals surface area contributed by atoms with E-state index in [1.165, 1.54) is 5.56 Å². The summed E-state index contributed by atoms with van der Waals surface area (Å²) in [7, 11) is 0. The van der Waals surface area contributed by atoms with Gasteiger partial charge < -0.3 is 19.9 Å². The van der Waals surface area contributed by atoms with Crippen LogP contribution in [0.4, 0.5) is 0 Å². The lowest BCUT2D eigenvalue weighted by molar-refractivity contribution is -0.0617. The first-order valence-electron chi connectivity index (χ1n) is 8.30. The highest BCUT2D eigenvalue weighted by molar-refractivity contribution is 5.27. The summed E-state index contributed by atoms with van der Waals surface area (Å²) in [4.78, 5) is 0. The first kappa shape index (κ1) is 17.3. The van der Waals surface area contributed by atoms with E-state index in [1.807, 2.05) is 12.1 Å². The molecule has 0 saturated carbocycles.